The molecule has 1 heteroatoms. The molecule has 1 aliphatic rings. The first kappa shape index (κ1) is 7.81. The highest BCUT2D eigenvalue weighted by Crippen LogP contribution is 2.17. The number of rotatable bonds is 0. The van der Waals surface area contributed by atoms with Crippen molar-refractivity contribution in [2.75, 3.05) is 0 Å². The summed E-state index contributed by atoms with van der Waals surface area (Å²) in [5.74, 6) is 0. The molecule has 1 aromatic carbocycles. The second-order valence-electron chi connectivity index (χ2n) is 3.76. The molecule has 12 heavy (non-hydrogen) atoms. The molecule has 1 N–H and O–H groups in total. The van der Waals surface area contributed by atoms with Gasteiger partial charge in [0, 0.05) is 12.6 Å². The van der Waals surface area contributed by atoms with Crippen LogP contribution >= 0.6 is 0 Å². The van der Waals surface area contributed by atoms with Crippen molar-refractivity contribution >= 4 is 0 Å². The second-order valence-corrected chi connectivity index (χ2v) is 3.76. The van der Waals surface area contributed by atoms with Crippen LogP contribution in [0.2, 0.25) is 0 Å². The van der Waals surface area contributed by atoms with Crippen LogP contribution in [0.15, 0.2) is 18.2 Å². The summed E-state index contributed by atoms with van der Waals surface area (Å²) in [6, 6.07) is 7.40. The molecule has 0 saturated heterocycles. The Morgan fingerprint density at radius 1 is 1.33 bits per heavy atom. The van der Waals surface area contributed by atoms with E-state index in [1.165, 1.54) is 23.1 Å². The van der Waals surface area contributed by atoms with Crippen LogP contribution in [0.5, 0.6) is 0 Å². The molecular formula is C11H15N. The van der Waals surface area contributed by atoms with E-state index in [0.717, 1.165) is 6.54 Å². The average molecular weight is 161 g/mol. The summed E-state index contributed by atoms with van der Waals surface area (Å²) in [4.78, 5) is 0. The lowest BCUT2D eigenvalue weighted by atomic mass is 9.95. The minimum absolute atomic E-state index is 0.639. The first-order chi connectivity index (χ1) is 5.75. The van der Waals surface area contributed by atoms with Crippen LogP contribution in [-0.4, -0.2) is 6.04 Å². The Hall–Kier alpha value is -0.820. The van der Waals surface area contributed by atoms with Crippen LogP contribution in [0.25, 0.3) is 0 Å². The zero-order chi connectivity index (χ0) is 8.55. The lowest BCUT2D eigenvalue weighted by Crippen LogP contribution is -2.32. The fourth-order valence-electron chi connectivity index (χ4n) is 1.80. The van der Waals surface area contributed by atoms with E-state index in [9.17, 15) is 0 Å². The fourth-order valence-corrected chi connectivity index (χ4v) is 1.80. The number of nitrogens with one attached hydrogen (secondary N) is 1. The minimum Gasteiger partial charge on any atom is -0.310 e. The fraction of sp³-hybridized carbons (Fsp3) is 0.455. The molecule has 0 saturated carbocycles. The highest BCUT2D eigenvalue weighted by molar-refractivity contribution is 5.33. The van der Waals surface area contributed by atoms with Gasteiger partial charge in [-0.05, 0) is 31.4 Å². The zero-order valence-corrected chi connectivity index (χ0v) is 7.72. The van der Waals surface area contributed by atoms with Crippen molar-refractivity contribution in [1.29, 1.82) is 0 Å². The zero-order valence-electron chi connectivity index (χ0n) is 7.72. The van der Waals surface area contributed by atoms with Crippen LogP contribution in [-0.2, 0) is 13.0 Å². The van der Waals surface area contributed by atoms with Crippen LogP contribution in [0.4, 0.5) is 0 Å². The van der Waals surface area contributed by atoms with Crippen LogP contribution < -0.4 is 5.32 Å². The molecule has 0 radical (unpaired) electrons. The number of aryl methyl sites for hydroxylation is 1. The van der Waals surface area contributed by atoms with Crippen molar-refractivity contribution in [3.63, 3.8) is 0 Å². The van der Waals surface area contributed by atoms with Crippen molar-refractivity contribution < 1.29 is 0 Å². The van der Waals surface area contributed by atoms with Gasteiger partial charge in [0.1, 0.15) is 0 Å². The summed E-state index contributed by atoms with van der Waals surface area (Å²) < 4.78 is 0. The van der Waals surface area contributed by atoms with Crippen molar-refractivity contribution in [1.82, 2.24) is 5.32 Å². The minimum atomic E-state index is 0.639. The third-order valence-electron chi connectivity index (χ3n) is 2.53. The smallest absolute Gasteiger partial charge is 0.0210 e. The predicted octanol–water partition coefficient (Wildman–Crippen LogP) is 2.03. The summed E-state index contributed by atoms with van der Waals surface area (Å²) in [6.07, 6.45) is 1.18. The van der Waals surface area contributed by atoms with Gasteiger partial charge in [-0.3, -0.25) is 0 Å². The van der Waals surface area contributed by atoms with Crippen LogP contribution in [0.3, 0.4) is 0 Å². The van der Waals surface area contributed by atoms with Crippen molar-refractivity contribution in [2.45, 2.75) is 32.9 Å². The molecule has 0 bridgehead atoms. The summed E-state index contributed by atoms with van der Waals surface area (Å²) in [7, 11) is 0. The van der Waals surface area contributed by atoms with E-state index in [1.807, 2.05) is 0 Å². The van der Waals surface area contributed by atoms with Gasteiger partial charge in [0.2, 0.25) is 0 Å². The highest BCUT2D eigenvalue weighted by atomic mass is 14.9. The van der Waals surface area contributed by atoms with Gasteiger partial charge in [-0.1, -0.05) is 23.8 Å². The molecule has 0 fully saturated rings. The summed E-state index contributed by atoms with van der Waals surface area (Å²) in [5, 5.41) is 3.47. The molecule has 1 atom stereocenters. The lowest BCUT2D eigenvalue weighted by Gasteiger charge is -2.23. The first-order valence-electron chi connectivity index (χ1n) is 4.57. The van der Waals surface area contributed by atoms with E-state index in [2.05, 4.69) is 37.4 Å². The van der Waals surface area contributed by atoms with Gasteiger partial charge in [0.25, 0.3) is 0 Å². The molecule has 0 spiro atoms. The van der Waals surface area contributed by atoms with Crippen molar-refractivity contribution in [3.8, 4) is 0 Å². The molecule has 0 amide bonds. The molecule has 1 heterocycles. The Labute approximate surface area is 73.8 Å². The maximum Gasteiger partial charge on any atom is 0.0210 e. The van der Waals surface area contributed by atoms with E-state index in [1.54, 1.807) is 0 Å². The van der Waals surface area contributed by atoms with Gasteiger partial charge in [0.15, 0.2) is 0 Å². The first-order valence-corrected chi connectivity index (χ1v) is 4.57. The number of hydrogen-bond donors (Lipinski definition) is 1. The number of benzene rings is 1. The molecule has 64 valence electrons. The van der Waals surface area contributed by atoms with Gasteiger partial charge >= 0.3 is 0 Å². The molecule has 0 aromatic heterocycles. The Kier molecular flexibility index (Phi) is 1.89. The monoisotopic (exact) mass is 161 g/mol. The molecule has 1 nitrogen and oxygen atoms in total. The van der Waals surface area contributed by atoms with Crippen LogP contribution in [0.1, 0.15) is 23.6 Å². The summed E-state index contributed by atoms with van der Waals surface area (Å²) in [5.41, 5.74) is 4.37. The maximum absolute atomic E-state index is 3.47. The summed E-state index contributed by atoms with van der Waals surface area (Å²) in [6.45, 7) is 5.43. The lowest BCUT2D eigenvalue weighted by molar-refractivity contribution is 0.513. The van der Waals surface area contributed by atoms with Crippen LogP contribution in [0, 0.1) is 6.92 Å². The summed E-state index contributed by atoms with van der Waals surface area (Å²) >= 11 is 0. The van der Waals surface area contributed by atoms with E-state index in [0.29, 0.717) is 6.04 Å². The van der Waals surface area contributed by atoms with E-state index < -0.39 is 0 Å². The molecule has 0 unspecified atom stereocenters. The Morgan fingerprint density at radius 2 is 2.17 bits per heavy atom. The second kappa shape index (κ2) is 2.91. The SMILES string of the molecule is Cc1ccc2c(c1)CN[C@H](C)C2. The Bertz CT molecular complexity index is 291. The van der Waals surface area contributed by atoms with Gasteiger partial charge in [0.05, 0.1) is 0 Å². The van der Waals surface area contributed by atoms with Gasteiger partial charge < -0.3 is 5.32 Å². The molecule has 2 rings (SSSR count). The predicted molar refractivity (Wildman–Crippen MR) is 51.2 cm³/mol. The van der Waals surface area contributed by atoms with E-state index in [4.69, 9.17) is 0 Å². The quantitative estimate of drug-likeness (QED) is 0.614. The Morgan fingerprint density at radius 3 is 3.00 bits per heavy atom. The van der Waals surface area contributed by atoms with E-state index in [-0.39, 0.29) is 0 Å². The van der Waals surface area contributed by atoms with Gasteiger partial charge in [-0.25, -0.2) is 0 Å². The standard InChI is InChI=1S/C11H15N/c1-8-3-4-10-6-9(2)12-7-11(10)5-8/h3-5,9,12H,6-7H2,1-2H3/t9-/m1/s1. The Balaban J connectivity index is 2.37. The molecule has 0 aliphatic carbocycles. The highest BCUT2D eigenvalue weighted by Gasteiger charge is 2.13. The third kappa shape index (κ3) is 1.37. The normalized spacial score (nSPS) is 22.0. The van der Waals surface area contributed by atoms with Gasteiger partial charge in [-0.15, -0.1) is 0 Å². The third-order valence-corrected chi connectivity index (χ3v) is 2.53. The van der Waals surface area contributed by atoms with Crippen molar-refractivity contribution in [3.05, 3.63) is 34.9 Å². The topological polar surface area (TPSA) is 12.0 Å². The number of hydrogen-bond acceptors (Lipinski definition) is 1. The van der Waals surface area contributed by atoms with Crippen molar-refractivity contribution in [2.24, 2.45) is 0 Å². The molecule has 1 aliphatic heterocycles. The average Bonchev–Trinajstić information content (AvgIpc) is 2.05. The maximum atomic E-state index is 3.47. The molecule has 1 aromatic rings. The van der Waals surface area contributed by atoms with E-state index >= 15 is 0 Å². The molecular weight excluding hydrogens is 146 g/mol. The number of fused-ring (bicyclic) bond motifs is 1. The van der Waals surface area contributed by atoms with Gasteiger partial charge in [-0.2, -0.15) is 0 Å². The largest absolute Gasteiger partial charge is 0.310 e.